The molecular formula is C19H12ClN3O2. The highest BCUT2D eigenvalue weighted by molar-refractivity contribution is 6.56. The van der Waals surface area contributed by atoms with Crippen molar-refractivity contribution in [3.63, 3.8) is 0 Å². The minimum Gasteiger partial charge on any atom is -0.333 e. The molecule has 25 heavy (non-hydrogen) atoms. The van der Waals surface area contributed by atoms with E-state index in [1.54, 1.807) is 36.5 Å². The Morgan fingerprint density at radius 3 is 2.44 bits per heavy atom. The Hall–Kier alpha value is -3.05. The minimum absolute atomic E-state index is 0.0747. The fourth-order valence-corrected chi connectivity index (χ4v) is 3.03. The summed E-state index contributed by atoms with van der Waals surface area (Å²) < 4.78 is 0. The van der Waals surface area contributed by atoms with Crippen molar-refractivity contribution >= 4 is 28.7 Å². The Balaban J connectivity index is 1.84. The van der Waals surface area contributed by atoms with Gasteiger partial charge in [0.1, 0.15) is 22.1 Å². The third-order valence-corrected chi connectivity index (χ3v) is 4.40. The molecule has 122 valence electrons. The molecule has 0 amide bonds. The number of nitrogens with zero attached hydrogens (tertiary/aromatic N) is 2. The molecule has 0 aliphatic heterocycles. The van der Waals surface area contributed by atoms with Crippen molar-refractivity contribution in [1.29, 1.82) is 0 Å². The molecule has 0 spiro atoms. The van der Waals surface area contributed by atoms with Gasteiger partial charge in [0, 0.05) is 6.20 Å². The molecule has 3 aromatic rings. The number of ketones is 2. The van der Waals surface area contributed by atoms with Crippen LogP contribution in [0.15, 0.2) is 53.7 Å². The molecule has 0 fully saturated rings. The molecule has 2 aromatic heterocycles. The number of hydrogen-bond acceptors (Lipinski definition) is 4. The second-order valence-electron chi connectivity index (χ2n) is 5.74. The molecule has 2 heterocycles. The fourth-order valence-electron chi connectivity index (χ4n) is 2.75. The van der Waals surface area contributed by atoms with Crippen LogP contribution in [0.25, 0.3) is 17.1 Å². The van der Waals surface area contributed by atoms with Crippen molar-refractivity contribution in [3.8, 4) is 11.5 Å². The standard InChI is InChI=1S/C19H12ClN3O2/c1-10-5-7-11(8-6-10)13-14(20)18(25)16-15(17(13)24)22-19(23-16)12-4-2-3-9-21-12/h2-9H,1H3,(H,22,23). The van der Waals surface area contributed by atoms with Crippen LogP contribution in [-0.2, 0) is 0 Å². The molecule has 0 saturated carbocycles. The number of H-pyrrole nitrogens is 1. The van der Waals surface area contributed by atoms with Gasteiger partial charge in [0.25, 0.3) is 0 Å². The molecule has 1 N–H and O–H groups in total. The van der Waals surface area contributed by atoms with Crippen molar-refractivity contribution in [3.05, 3.63) is 76.2 Å². The normalized spacial score (nSPS) is 14.0. The highest BCUT2D eigenvalue weighted by Crippen LogP contribution is 2.34. The smallest absolute Gasteiger partial charge is 0.223 e. The van der Waals surface area contributed by atoms with Gasteiger partial charge in [-0.15, -0.1) is 0 Å². The predicted octanol–water partition coefficient (Wildman–Crippen LogP) is 3.81. The van der Waals surface area contributed by atoms with Crippen LogP contribution in [0.1, 0.15) is 32.1 Å². The second-order valence-corrected chi connectivity index (χ2v) is 6.12. The summed E-state index contributed by atoms with van der Waals surface area (Å²) in [7, 11) is 0. The molecule has 0 saturated heterocycles. The zero-order valence-electron chi connectivity index (χ0n) is 13.2. The first-order valence-corrected chi connectivity index (χ1v) is 8.01. The molecule has 5 nitrogen and oxygen atoms in total. The molecule has 6 heteroatoms. The van der Waals surface area contributed by atoms with Gasteiger partial charge in [-0.3, -0.25) is 14.6 Å². The van der Waals surface area contributed by atoms with Crippen molar-refractivity contribution < 1.29 is 9.59 Å². The Labute approximate surface area is 148 Å². The predicted molar refractivity (Wildman–Crippen MR) is 94.4 cm³/mol. The maximum absolute atomic E-state index is 12.9. The molecule has 0 unspecified atom stereocenters. The average Bonchev–Trinajstić information content (AvgIpc) is 3.08. The number of aryl methyl sites for hydroxylation is 1. The van der Waals surface area contributed by atoms with Crippen LogP contribution in [0.3, 0.4) is 0 Å². The number of fused-ring (bicyclic) bond motifs is 1. The second kappa shape index (κ2) is 5.79. The SMILES string of the molecule is Cc1ccc(C2=C(Cl)C(=O)c3[nH]c(-c4ccccn4)nc3C2=O)cc1. The number of rotatable bonds is 2. The van der Waals surface area contributed by atoms with Gasteiger partial charge in [0.05, 0.1) is 5.57 Å². The van der Waals surface area contributed by atoms with Crippen LogP contribution < -0.4 is 0 Å². The molecule has 1 aliphatic rings. The van der Waals surface area contributed by atoms with E-state index in [0.717, 1.165) is 5.56 Å². The number of carbonyl (C=O) groups excluding carboxylic acids is 2. The third-order valence-electron chi connectivity index (χ3n) is 4.04. The van der Waals surface area contributed by atoms with Crippen LogP contribution >= 0.6 is 11.6 Å². The van der Waals surface area contributed by atoms with E-state index in [1.807, 2.05) is 19.1 Å². The van der Waals surface area contributed by atoms with Crippen LogP contribution in [-0.4, -0.2) is 26.5 Å². The minimum atomic E-state index is -0.443. The van der Waals surface area contributed by atoms with E-state index in [9.17, 15) is 9.59 Å². The Morgan fingerprint density at radius 1 is 1.00 bits per heavy atom. The lowest BCUT2D eigenvalue weighted by Crippen LogP contribution is -2.19. The summed E-state index contributed by atoms with van der Waals surface area (Å²) in [5.74, 6) is -0.453. The molecule has 0 bridgehead atoms. The quantitative estimate of drug-likeness (QED) is 0.763. The summed E-state index contributed by atoms with van der Waals surface area (Å²) in [6.45, 7) is 1.94. The molecule has 0 radical (unpaired) electrons. The molecular weight excluding hydrogens is 338 g/mol. The van der Waals surface area contributed by atoms with Crippen molar-refractivity contribution in [2.45, 2.75) is 6.92 Å². The van der Waals surface area contributed by atoms with Crippen molar-refractivity contribution in [2.75, 3.05) is 0 Å². The number of pyridine rings is 1. The lowest BCUT2D eigenvalue weighted by atomic mass is 9.91. The number of benzene rings is 1. The third kappa shape index (κ3) is 2.49. The van der Waals surface area contributed by atoms with Crippen LogP contribution in [0.4, 0.5) is 0 Å². The van der Waals surface area contributed by atoms with Crippen LogP contribution in [0, 0.1) is 6.92 Å². The number of Topliss-reactive ketones (excluding diaryl/α,β-unsaturated/α-hetero) is 2. The summed E-state index contributed by atoms with van der Waals surface area (Å²) in [5, 5.41) is -0.0995. The number of halogens is 1. The number of nitrogens with one attached hydrogen (secondary N) is 1. The highest BCUT2D eigenvalue weighted by atomic mass is 35.5. The number of hydrogen-bond donors (Lipinski definition) is 1. The monoisotopic (exact) mass is 349 g/mol. The summed E-state index contributed by atoms with van der Waals surface area (Å²) in [4.78, 5) is 36.9. The topological polar surface area (TPSA) is 75.7 Å². The average molecular weight is 350 g/mol. The zero-order chi connectivity index (χ0) is 17.6. The van der Waals surface area contributed by atoms with Crippen molar-refractivity contribution in [2.24, 2.45) is 0 Å². The van der Waals surface area contributed by atoms with E-state index in [2.05, 4.69) is 15.0 Å². The van der Waals surface area contributed by atoms with Gasteiger partial charge in [-0.25, -0.2) is 4.98 Å². The van der Waals surface area contributed by atoms with Gasteiger partial charge < -0.3 is 4.98 Å². The first-order chi connectivity index (χ1) is 12.1. The van der Waals surface area contributed by atoms with Gasteiger partial charge in [0.15, 0.2) is 5.82 Å². The number of allylic oxidation sites excluding steroid dienone is 2. The van der Waals surface area contributed by atoms with E-state index < -0.39 is 5.78 Å². The van der Waals surface area contributed by atoms with Crippen molar-refractivity contribution in [1.82, 2.24) is 15.0 Å². The van der Waals surface area contributed by atoms with Gasteiger partial charge in [0.2, 0.25) is 11.6 Å². The summed E-state index contributed by atoms with van der Waals surface area (Å²) in [6.07, 6.45) is 1.61. The first-order valence-electron chi connectivity index (χ1n) is 7.64. The number of imidazole rings is 1. The number of aromatic nitrogens is 3. The largest absolute Gasteiger partial charge is 0.333 e. The molecule has 0 atom stereocenters. The van der Waals surface area contributed by atoms with Crippen LogP contribution in [0.5, 0.6) is 0 Å². The van der Waals surface area contributed by atoms with E-state index in [4.69, 9.17) is 11.6 Å². The van der Waals surface area contributed by atoms with Gasteiger partial charge >= 0.3 is 0 Å². The van der Waals surface area contributed by atoms with Crippen LogP contribution in [0.2, 0.25) is 0 Å². The van der Waals surface area contributed by atoms with Gasteiger partial charge in [-0.05, 0) is 24.6 Å². The van der Waals surface area contributed by atoms with E-state index >= 15 is 0 Å². The lowest BCUT2D eigenvalue weighted by Gasteiger charge is -2.14. The maximum atomic E-state index is 12.9. The number of aromatic amines is 1. The van der Waals surface area contributed by atoms with E-state index in [1.165, 1.54) is 0 Å². The lowest BCUT2D eigenvalue weighted by molar-refractivity contribution is 0.0993. The first kappa shape index (κ1) is 15.5. The molecule has 1 aliphatic carbocycles. The Morgan fingerprint density at radius 2 is 1.76 bits per heavy atom. The summed E-state index contributed by atoms with van der Waals surface area (Å²) in [5.41, 5.74) is 2.55. The summed E-state index contributed by atoms with van der Waals surface area (Å²) >= 11 is 6.23. The van der Waals surface area contributed by atoms with E-state index in [0.29, 0.717) is 17.1 Å². The van der Waals surface area contributed by atoms with Gasteiger partial charge in [-0.2, -0.15) is 0 Å². The molecule has 1 aromatic carbocycles. The zero-order valence-corrected chi connectivity index (χ0v) is 14.0. The Bertz CT molecular complexity index is 1030. The number of carbonyl (C=O) groups is 2. The highest BCUT2D eigenvalue weighted by Gasteiger charge is 2.35. The van der Waals surface area contributed by atoms with E-state index in [-0.39, 0.29) is 27.8 Å². The van der Waals surface area contributed by atoms with Gasteiger partial charge in [-0.1, -0.05) is 47.5 Å². The maximum Gasteiger partial charge on any atom is 0.223 e. The summed E-state index contributed by atoms with van der Waals surface area (Å²) in [6, 6.07) is 12.6. The Kier molecular flexibility index (Phi) is 3.58. The fraction of sp³-hybridized carbons (Fsp3) is 0.0526. The molecule has 4 rings (SSSR count).